The highest BCUT2D eigenvalue weighted by molar-refractivity contribution is 6.32. The molecular formula is C19H20ClNO3. The minimum absolute atomic E-state index is 0.0113. The zero-order valence-electron chi connectivity index (χ0n) is 14.0. The molecule has 4 nitrogen and oxygen atoms in total. The van der Waals surface area contributed by atoms with Gasteiger partial charge in [-0.05, 0) is 30.7 Å². The lowest BCUT2D eigenvalue weighted by atomic mass is 10.0. The van der Waals surface area contributed by atoms with Gasteiger partial charge in [0.1, 0.15) is 11.5 Å². The van der Waals surface area contributed by atoms with E-state index in [1.807, 2.05) is 41.3 Å². The van der Waals surface area contributed by atoms with E-state index in [4.69, 9.17) is 21.1 Å². The number of carbonyl (C=O) groups is 1. The van der Waals surface area contributed by atoms with Gasteiger partial charge in [0, 0.05) is 27.8 Å². The quantitative estimate of drug-likeness (QED) is 0.802. The van der Waals surface area contributed by atoms with E-state index in [-0.39, 0.29) is 11.9 Å². The number of nitrogens with zero attached hydrogens (tertiary/aromatic N) is 1. The van der Waals surface area contributed by atoms with Crippen molar-refractivity contribution in [2.75, 3.05) is 14.2 Å². The Labute approximate surface area is 146 Å². The lowest BCUT2D eigenvalue weighted by molar-refractivity contribution is 0.0704. The molecule has 0 N–H and O–H groups in total. The Bertz CT molecular complexity index is 775. The molecule has 1 atom stereocenters. The molecule has 126 valence electrons. The molecule has 1 aliphatic heterocycles. The van der Waals surface area contributed by atoms with Crippen molar-refractivity contribution >= 4 is 17.5 Å². The Balaban J connectivity index is 1.96. The van der Waals surface area contributed by atoms with E-state index in [1.165, 1.54) is 0 Å². The minimum Gasteiger partial charge on any atom is -0.497 e. The number of carbonyl (C=O) groups excluding carboxylic acids is 1. The molecule has 0 radical (unpaired) electrons. The average Bonchev–Trinajstić information content (AvgIpc) is 2.88. The molecule has 1 heterocycles. The van der Waals surface area contributed by atoms with Crippen molar-refractivity contribution in [2.24, 2.45) is 0 Å². The highest BCUT2D eigenvalue weighted by Crippen LogP contribution is 2.41. The van der Waals surface area contributed by atoms with Crippen molar-refractivity contribution in [1.82, 2.24) is 4.90 Å². The summed E-state index contributed by atoms with van der Waals surface area (Å²) in [5, 5.41) is 0.650. The van der Waals surface area contributed by atoms with Crippen LogP contribution < -0.4 is 9.47 Å². The molecule has 2 aromatic carbocycles. The molecule has 0 aliphatic carbocycles. The van der Waals surface area contributed by atoms with Crippen LogP contribution in [0.25, 0.3) is 0 Å². The van der Waals surface area contributed by atoms with Crippen molar-refractivity contribution in [3.8, 4) is 11.5 Å². The van der Waals surface area contributed by atoms with Gasteiger partial charge in [-0.2, -0.15) is 0 Å². The molecule has 0 bridgehead atoms. The van der Waals surface area contributed by atoms with Crippen LogP contribution in [-0.4, -0.2) is 25.0 Å². The summed E-state index contributed by atoms with van der Waals surface area (Å²) in [6.45, 7) is 2.53. The fourth-order valence-corrected chi connectivity index (χ4v) is 3.59. The molecule has 1 unspecified atom stereocenters. The van der Waals surface area contributed by atoms with E-state index in [0.717, 1.165) is 23.3 Å². The zero-order chi connectivity index (χ0) is 17.3. The third-order valence-corrected chi connectivity index (χ3v) is 4.80. The number of methoxy groups -OCH3 is 2. The Morgan fingerprint density at radius 3 is 2.62 bits per heavy atom. The van der Waals surface area contributed by atoms with Crippen LogP contribution in [0.15, 0.2) is 36.4 Å². The number of ether oxygens (including phenoxy) is 2. The monoisotopic (exact) mass is 345 g/mol. The van der Waals surface area contributed by atoms with E-state index in [0.29, 0.717) is 22.9 Å². The average molecular weight is 346 g/mol. The van der Waals surface area contributed by atoms with Crippen molar-refractivity contribution in [2.45, 2.75) is 25.9 Å². The first kappa shape index (κ1) is 16.7. The first-order chi connectivity index (χ1) is 11.6. The van der Waals surface area contributed by atoms with Crippen LogP contribution in [0.1, 0.15) is 40.9 Å². The topological polar surface area (TPSA) is 38.8 Å². The summed E-state index contributed by atoms with van der Waals surface area (Å²) >= 11 is 6.35. The minimum atomic E-state index is -0.0204. The fraction of sp³-hybridized carbons (Fsp3) is 0.316. The Morgan fingerprint density at radius 2 is 1.96 bits per heavy atom. The van der Waals surface area contributed by atoms with Gasteiger partial charge in [0.25, 0.3) is 5.91 Å². The van der Waals surface area contributed by atoms with Crippen molar-refractivity contribution < 1.29 is 14.3 Å². The second-order valence-electron chi connectivity index (χ2n) is 5.74. The summed E-state index contributed by atoms with van der Waals surface area (Å²) in [4.78, 5) is 14.7. The van der Waals surface area contributed by atoms with Gasteiger partial charge < -0.3 is 14.4 Å². The second kappa shape index (κ2) is 6.73. The van der Waals surface area contributed by atoms with E-state index in [1.54, 1.807) is 14.2 Å². The van der Waals surface area contributed by atoms with E-state index in [2.05, 4.69) is 6.92 Å². The Kier molecular flexibility index (Phi) is 4.67. The van der Waals surface area contributed by atoms with Gasteiger partial charge in [-0.15, -0.1) is 0 Å². The predicted octanol–water partition coefficient (Wildman–Crippen LogP) is 4.46. The fourth-order valence-electron chi connectivity index (χ4n) is 3.29. The van der Waals surface area contributed by atoms with Gasteiger partial charge in [0.15, 0.2) is 0 Å². The molecular weight excluding hydrogens is 326 g/mol. The van der Waals surface area contributed by atoms with Crippen molar-refractivity contribution in [3.63, 3.8) is 0 Å². The van der Waals surface area contributed by atoms with Crippen LogP contribution in [-0.2, 0) is 6.54 Å². The summed E-state index contributed by atoms with van der Waals surface area (Å²) in [6.07, 6.45) is 0.806. The van der Waals surface area contributed by atoms with Crippen molar-refractivity contribution in [1.29, 1.82) is 0 Å². The first-order valence-corrected chi connectivity index (χ1v) is 8.28. The molecule has 24 heavy (non-hydrogen) atoms. The lowest BCUT2D eigenvalue weighted by Gasteiger charge is -2.25. The van der Waals surface area contributed by atoms with Crippen LogP contribution in [0, 0.1) is 0 Å². The molecule has 1 amide bonds. The van der Waals surface area contributed by atoms with Crippen LogP contribution in [0.5, 0.6) is 11.5 Å². The van der Waals surface area contributed by atoms with Gasteiger partial charge in [-0.3, -0.25) is 4.79 Å². The van der Waals surface area contributed by atoms with Crippen LogP contribution in [0.2, 0.25) is 5.02 Å². The molecule has 2 aromatic rings. The molecule has 0 saturated heterocycles. The molecule has 0 saturated carbocycles. The number of hydrogen-bond donors (Lipinski definition) is 0. The maximum absolute atomic E-state index is 12.8. The molecule has 0 fully saturated rings. The number of benzene rings is 2. The molecule has 1 aliphatic rings. The highest BCUT2D eigenvalue weighted by Gasteiger charge is 2.37. The third kappa shape index (κ3) is 2.71. The lowest BCUT2D eigenvalue weighted by Crippen LogP contribution is -2.27. The molecule has 3 rings (SSSR count). The van der Waals surface area contributed by atoms with Gasteiger partial charge >= 0.3 is 0 Å². The maximum atomic E-state index is 12.8. The summed E-state index contributed by atoms with van der Waals surface area (Å²) in [5.41, 5.74) is 2.56. The number of fused-ring (bicyclic) bond motifs is 1. The normalized spacial score (nSPS) is 16.2. The number of amides is 1. The second-order valence-corrected chi connectivity index (χ2v) is 6.14. The number of rotatable bonds is 5. The van der Waals surface area contributed by atoms with Gasteiger partial charge in [0.2, 0.25) is 0 Å². The smallest absolute Gasteiger partial charge is 0.255 e. The van der Waals surface area contributed by atoms with Gasteiger partial charge in [0.05, 0.1) is 26.8 Å². The van der Waals surface area contributed by atoms with Crippen molar-refractivity contribution in [3.05, 3.63) is 58.1 Å². The molecule has 0 spiro atoms. The third-order valence-electron chi connectivity index (χ3n) is 4.48. The number of halogens is 1. The molecule has 5 heteroatoms. The predicted molar refractivity (Wildman–Crippen MR) is 93.9 cm³/mol. The molecule has 0 aromatic heterocycles. The summed E-state index contributed by atoms with van der Waals surface area (Å²) in [6, 6.07) is 11.1. The summed E-state index contributed by atoms with van der Waals surface area (Å²) in [7, 11) is 3.23. The van der Waals surface area contributed by atoms with Crippen LogP contribution in [0.4, 0.5) is 0 Å². The maximum Gasteiger partial charge on any atom is 0.255 e. The summed E-state index contributed by atoms with van der Waals surface area (Å²) in [5.74, 6) is 1.44. The van der Waals surface area contributed by atoms with Crippen LogP contribution in [0.3, 0.4) is 0 Å². The zero-order valence-corrected chi connectivity index (χ0v) is 14.8. The highest BCUT2D eigenvalue weighted by atomic mass is 35.5. The Morgan fingerprint density at radius 1 is 1.17 bits per heavy atom. The van der Waals surface area contributed by atoms with Gasteiger partial charge in [-0.1, -0.05) is 24.6 Å². The van der Waals surface area contributed by atoms with E-state index >= 15 is 0 Å². The summed E-state index contributed by atoms with van der Waals surface area (Å²) < 4.78 is 10.7. The SMILES string of the molecule is CCC1c2c(Cl)cccc2C(=O)N1Cc1ccc(OC)cc1OC. The van der Waals surface area contributed by atoms with Crippen LogP contribution >= 0.6 is 11.6 Å². The Hall–Kier alpha value is -2.20. The standard InChI is InChI=1S/C19H20ClNO3/c1-4-16-18-14(6-5-7-15(18)20)19(22)21(16)11-12-8-9-13(23-2)10-17(12)24-3/h5-10,16H,4,11H2,1-3H3. The van der Waals surface area contributed by atoms with E-state index < -0.39 is 0 Å². The van der Waals surface area contributed by atoms with Gasteiger partial charge in [-0.25, -0.2) is 0 Å². The first-order valence-electron chi connectivity index (χ1n) is 7.91. The van der Waals surface area contributed by atoms with E-state index in [9.17, 15) is 4.79 Å². The number of hydrogen-bond acceptors (Lipinski definition) is 3. The largest absolute Gasteiger partial charge is 0.497 e.